The van der Waals surface area contributed by atoms with Crippen LogP contribution in [0.4, 0.5) is 5.82 Å². The SMILES string of the molecule is O=C(Cc1c[nH]c2ccccc12)N1CCN(c2cc(C3CC3)ncn2)CC1. The summed E-state index contributed by atoms with van der Waals surface area (Å²) in [6.07, 6.45) is 6.57. The highest BCUT2D eigenvalue weighted by molar-refractivity contribution is 5.89. The lowest BCUT2D eigenvalue weighted by atomic mass is 10.1. The quantitative estimate of drug-likeness (QED) is 0.776. The van der Waals surface area contributed by atoms with E-state index in [-0.39, 0.29) is 5.91 Å². The van der Waals surface area contributed by atoms with Crippen molar-refractivity contribution in [3.05, 3.63) is 54.1 Å². The largest absolute Gasteiger partial charge is 0.361 e. The summed E-state index contributed by atoms with van der Waals surface area (Å²) >= 11 is 0. The number of benzene rings is 1. The van der Waals surface area contributed by atoms with Gasteiger partial charge in [-0.25, -0.2) is 9.97 Å². The fraction of sp³-hybridized carbons (Fsp3) is 0.381. The smallest absolute Gasteiger partial charge is 0.227 e. The number of amides is 1. The number of para-hydroxylation sites is 1. The number of hydrogen-bond acceptors (Lipinski definition) is 4. The second-order valence-corrected chi connectivity index (χ2v) is 7.48. The van der Waals surface area contributed by atoms with Gasteiger partial charge in [-0.05, 0) is 24.5 Å². The summed E-state index contributed by atoms with van der Waals surface area (Å²) in [6.45, 7) is 3.12. The van der Waals surface area contributed by atoms with Crippen molar-refractivity contribution in [2.45, 2.75) is 25.2 Å². The standard InChI is InChI=1S/C21H23N5O/c27-21(11-16-13-22-18-4-2-1-3-17(16)18)26-9-7-25(8-10-26)20-12-19(15-5-6-15)23-14-24-20/h1-4,12-15,22H,5-11H2. The van der Waals surface area contributed by atoms with E-state index in [2.05, 4.69) is 32.0 Å². The third-order valence-electron chi connectivity index (χ3n) is 5.64. The van der Waals surface area contributed by atoms with Gasteiger partial charge in [0.05, 0.1) is 6.42 Å². The van der Waals surface area contributed by atoms with Crippen LogP contribution in [0.2, 0.25) is 0 Å². The van der Waals surface area contributed by atoms with Crippen LogP contribution in [0.5, 0.6) is 0 Å². The monoisotopic (exact) mass is 361 g/mol. The predicted octanol–water partition coefficient (Wildman–Crippen LogP) is 2.73. The molecule has 3 heterocycles. The van der Waals surface area contributed by atoms with Crippen LogP contribution in [0, 0.1) is 0 Å². The van der Waals surface area contributed by atoms with Crippen LogP contribution in [0.25, 0.3) is 10.9 Å². The first kappa shape index (κ1) is 16.3. The number of rotatable bonds is 4. The molecular formula is C21H23N5O. The third-order valence-corrected chi connectivity index (χ3v) is 5.64. The summed E-state index contributed by atoms with van der Waals surface area (Å²) in [5.41, 5.74) is 3.32. The average molecular weight is 361 g/mol. The van der Waals surface area contributed by atoms with Gasteiger partial charge in [-0.1, -0.05) is 18.2 Å². The highest BCUT2D eigenvalue weighted by Crippen LogP contribution is 2.39. The summed E-state index contributed by atoms with van der Waals surface area (Å²) < 4.78 is 0. The van der Waals surface area contributed by atoms with E-state index in [0.717, 1.165) is 54.2 Å². The van der Waals surface area contributed by atoms with Gasteiger partial charge >= 0.3 is 0 Å². The second kappa shape index (κ2) is 6.68. The number of carbonyl (C=O) groups is 1. The van der Waals surface area contributed by atoms with Crippen molar-refractivity contribution in [3.8, 4) is 0 Å². The fourth-order valence-electron chi connectivity index (χ4n) is 3.87. The first-order valence-corrected chi connectivity index (χ1v) is 9.67. The summed E-state index contributed by atoms with van der Waals surface area (Å²) in [5.74, 6) is 1.82. The maximum Gasteiger partial charge on any atom is 0.227 e. The van der Waals surface area contributed by atoms with Gasteiger partial charge in [-0.2, -0.15) is 0 Å². The summed E-state index contributed by atoms with van der Waals surface area (Å²) in [4.78, 5) is 29.1. The molecule has 2 aliphatic rings. The molecule has 5 rings (SSSR count). The van der Waals surface area contributed by atoms with Crippen molar-refractivity contribution in [2.24, 2.45) is 0 Å². The summed E-state index contributed by atoms with van der Waals surface area (Å²) in [5, 5.41) is 1.14. The van der Waals surface area contributed by atoms with Gasteiger partial charge < -0.3 is 14.8 Å². The number of anilines is 1. The Balaban J connectivity index is 1.22. The molecule has 1 aliphatic carbocycles. The first-order chi connectivity index (χ1) is 13.3. The van der Waals surface area contributed by atoms with Gasteiger partial charge in [0.15, 0.2) is 0 Å². The van der Waals surface area contributed by atoms with E-state index in [0.29, 0.717) is 12.3 Å². The highest BCUT2D eigenvalue weighted by Gasteiger charge is 2.27. The van der Waals surface area contributed by atoms with Crippen molar-refractivity contribution in [1.29, 1.82) is 0 Å². The number of nitrogens with one attached hydrogen (secondary N) is 1. The minimum atomic E-state index is 0.195. The Bertz CT molecular complexity index is 969. The van der Waals surface area contributed by atoms with Gasteiger partial charge in [0.25, 0.3) is 0 Å². The van der Waals surface area contributed by atoms with E-state index in [9.17, 15) is 4.79 Å². The lowest BCUT2D eigenvalue weighted by molar-refractivity contribution is -0.130. The number of fused-ring (bicyclic) bond motifs is 1. The number of aromatic nitrogens is 3. The maximum absolute atomic E-state index is 12.8. The molecule has 1 saturated heterocycles. The summed E-state index contributed by atoms with van der Waals surface area (Å²) in [6, 6.07) is 10.3. The van der Waals surface area contributed by atoms with E-state index in [1.165, 1.54) is 12.8 Å². The lowest BCUT2D eigenvalue weighted by Gasteiger charge is -2.35. The molecule has 0 spiro atoms. The normalized spacial score (nSPS) is 17.5. The highest BCUT2D eigenvalue weighted by atomic mass is 16.2. The molecule has 0 radical (unpaired) electrons. The van der Waals surface area contributed by atoms with Crippen molar-refractivity contribution in [3.63, 3.8) is 0 Å². The summed E-state index contributed by atoms with van der Waals surface area (Å²) in [7, 11) is 0. The molecule has 2 aromatic heterocycles. The fourth-order valence-corrected chi connectivity index (χ4v) is 3.87. The third kappa shape index (κ3) is 3.27. The van der Waals surface area contributed by atoms with Crippen LogP contribution in [-0.4, -0.2) is 51.9 Å². The number of H-pyrrole nitrogens is 1. The van der Waals surface area contributed by atoms with Crippen molar-refractivity contribution >= 4 is 22.6 Å². The van der Waals surface area contributed by atoms with E-state index >= 15 is 0 Å². The van der Waals surface area contributed by atoms with Crippen molar-refractivity contribution < 1.29 is 4.79 Å². The number of hydrogen-bond donors (Lipinski definition) is 1. The molecular weight excluding hydrogens is 338 g/mol. The van der Waals surface area contributed by atoms with Gasteiger partial charge in [-0.15, -0.1) is 0 Å². The van der Waals surface area contributed by atoms with Gasteiger partial charge in [0.2, 0.25) is 5.91 Å². The first-order valence-electron chi connectivity index (χ1n) is 9.67. The molecule has 1 aliphatic heterocycles. The second-order valence-electron chi connectivity index (χ2n) is 7.48. The van der Waals surface area contributed by atoms with Crippen LogP contribution in [0.15, 0.2) is 42.9 Å². The zero-order valence-corrected chi connectivity index (χ0v) is 15.3. The Kier molecular flexibility index (Phi) is 4.03. The molecule has 2 fully saturated rings. The lowest BCUT2D eigenvalue weighted by Crippen LogP contribution is -2.49. The zero-order chi connectivity index (χ0) is 18.2. The van der Waals surface area contributed by atoms with Crippen LogP contribution < -0.4 is 4.90 Å². The van der Waals surface area contributed by atoms with Crippen LogP contribution >= 0.6 is 0 Å². The Morgan fingerprint density at radius 1 is 1.11 bits per heavy atom. The molecule has 0 atom stereocenters. The van der Waals surface area contributed by atoms with E-state index in [4.69, 9.17) is 0 Å². The molecule has 6 nitrogen and oxygen atoms in total. The molecule has 1 N–H and O–H groups in total. The minimum absolute atomic E-state index is 0.195. The number of piperazine rings is 1. The molecule has 0 bridgehead atoms. The molecule has 3 aromatic rings. The topological polar surface area (TPSA) is 65.1 Å². The number of carbonyl (C=O) groups excluding carboxylic acids is 1. The molecule has 6 heteroatoms. The van der Waals surface area contributed by atoms with Crippen molar-refractivity contribution in [1.82, 2.24) is 19.9 Å². The predicted molar refractivity (Wildman–Crippen MR) is 105 cm³/mol. The molecule has 138 valence electrons. The van der Waals surface area contributed by atoms with Gasteiger partial charge in [-0.3, -0.25) is 4.79 Å². The van der Waals surface area contributed by atoms with E-state index < -0.39 is 0 Å². The number of nitrogens with zero attached hydrogens (tertiary/aromatic N) is 4. The van der Waals surface area contributed by atoms with Crippen molar-refractivity contribution in [2.75, 3.05) is 31.1 Å². The number of aromatic amines is 1. The van der Waals surface area contributed by atoms with Gasteiger partial charge in [0, 0.05) is 61.0 Å². The van der Waals surface area contributed by atoms with E-state index in [1.54, 1.807) is 6.33 Å². The Labute approximate surface area is 158 Å². The van der Waals surface area contributed by atoms with E-state index in [1.807, 2.05) is 29.3 Å². The average Bonchev–Trinajstić information content (AvgIpc) is 3.50. The van der Waals surface area contributed by atoms with Crippen LogP contribution in [0.1, 0.15) is 30.0 Å². The molecule has 0 unspecified atom stereocenters. The Morgan fingerprint density at radius 2 is 1.93 bits per heavy atom. The van der Waals surface area contributed by atoms with Crippen LogP contribution in [0.3, 0.4) is 0 Å². The molecule has 1 aromatic carbocycles. The molecule has 1 amide bonds. The molecule has 27 heavy (non-hydrogen) atoms. The molecule has 1 saturated carbocycles. The Morgan fingerprint density at radius 3 is 2.74 bits per heavy atom. The Hall–Kier alpha value is -2.89. The maximum atomic E-state index is 12.8. The van der Waals surface area contributed by atoms with Crippen LogP contribution in [-0.2, 0) is 11.2 Å². The van der Waals surface area contributed by atoms with Gasteiger partial charge in [0.1, 0.15) is 12.1 Å². The minimum Gasteiger partial charge on any atom is -0.361 e. The zero-order valence-electron chi connectivity index (χ0n) is 15.3.